The van der Waals surface area contributed by atoms with E-state index in [2.05, 4.69) is 24.0 Å². The molecule has 0 aliphatic carbocycles. The maximum absolute atomic E-state index is 9.02. The maximum atomic E-state index is 9.02. The summed E-state index contributed by atoms with van der Waals surface area (Å²) in [5.41, 5.74) is 1.56. The highest BCUT2D eigenvalue weighted by Crippen LogP contribution is 2.19. The second-order valence-corrected chi connectivity index (χ2v) is 4.02. The van der Waals surface area contributed by atoms with Crippen molar-refractivity contribution in [2.45, 2.75) is 19.9 Å². The van der Waals surface area contributed by atoms with Crippen molar-refractivity contribution in [1.29, 1.82) is 10.5 Å². The van der Waals surface area contributed by atoms with E-state index in [0.29, 0.717) is 24.4 Å². The lowest BCUT2D eigenvalue weighted by atomic mass is 10.1. The predicted molar refractivity (Wildman–Crippen MR) is 68.9 cm³/mol. The Balaban J connectivity index is 2.84. The van der Waals surface area contributed by atoms with Gasteiger partial charge in [-0.1, -0.05) is 13.0 Å². The summed E-state index contributed by atoms with van der Waals surface area (Å²) < 4.78 is 5.10. The summed E-state index contributed by atoms with van der Waals surface area (Å²) in [5, 5.41) is 17.8. The molecule has 1 rings (SSSR count). The first kappa shape index (κ1) is 14.0. The van der Waals surface area contributed by atoms with Crippen molar-refractivity contribution in [3.8, 4) is 17.9 Å². The number of ether oxygens (including phenoxy) is 1. The van der Waals surface area contributed by atoms with Crippen LogP contribution in [0.4, 0.5) is 0 Å². The van der Waals surface area contributed by atoms with Crippen LogP contribution in [0.2, 0.25) is 0 Å². The van der Waals surface area contributed by atoms with Gasteiger partial charge in [-0.25, -0.2) is 0 Å². The monoisotopic (exact) mass is 243 g/mol. The first-order valence-electron chi connectivity index (χ1n) is 5.91. The van der Waals surface area contributed by atoms with Gasteiger partial charge in [-0.2, -0.15) is 10.5 Å². The Labute approximate surface area is 108 Å². The van der Waals surface area contributed by atoms with E-state index >= 15 is 0 Å². The molecule has 0 heterocycles. The van der Waals surface area contributed by atoms with Crippen LogP contribution in [0, 0.1) is 22.7 Å². The van der Waals surface area contributed by atoms with Gasteiger partial charge in [0.05, 0.1) is 25.3 Å². The van der Waals surface area contributed by atoms with Crippen molar-refractivity contribution in [2.24, 2.45) is 0 Å². The first-order valence-corrected chi connectivity index (χ1v) is 5.91. The fraction of sp³-hybridized carbons (Fsp3) is 0.429. The lowest BCUT2D eigenvalue weighted by Crippen LogP contribution is -2.24. The van der Waals surface area contributed by atoms with E-state index in [9.17, 15) is 0 Å². The fourth-order valence-electron chi connectivity index (χ4n) is 1.83. The third-order valence-electron chi connectivity index (χ3n) is 2.62. The third kappa shape index (κ3) is 3.76. The first-order chi connectivity index (χ1) is 8.74. The van der Waals surface area contributed by atoms with E-state index in [1.165, 1.54) is 0 Å². The molecule has 0 unspecified atom stereocenters. The molecule has 0 spiro atoms. The molecule has 4 nitrogen and oxygen atoms in total. The molecule has 0 saturated carbocycles. The Bertz CT molecular complexity index is 471. The standard InChI is InChI=1S/C14H17N3O/c1-3-7-17(8-6-15)11-12-4-5-14(18-2)13(9-12)10-16/h4-5,9H,3,7-8,11H2,1-2H3. The highest BCUT2D eigenvalue weighted by molar-refractivity contribution is 5.45. The number of hydrogen-bond acceptors (Lipinski definition) is 4. The second kappa shape index (κ2) is 7.32. The molecule has 0 N–H and O–H groups in total. The highest BCUT2D eigenvalue weighted by Gasteiger charge is 2.07. The summed E-state index contributed by atoms with van der Waals surface area (Å²) >= 11 is 0. The SMILES string of the molecule is CCCN(CC#N)Cc1ccc(OC)c(C#N)c1. The molecule has 0 aliphatic rings. The number of hydrogen-bond donors (Lipinski definition) is 0. The molecule has 0 amide bonds. The average molecular weight is 243 g/mol. The number of nitriles is 2. The molecule has 0 aromatic heterocycles. The molecule has 1 aromatic rings. The maximum Gasteiger partial charge on any atom is 0.136 e. The minimum atomic E-state index is 0.405. The van der Waals surface area contributed by atoms with Gasteiger partial charge in [0.2, 0.25) is 0 Å². The molecule has 0 atom stereocenters. The lowest BCUT2D eigenvalue weighted by Gasteiger charge is -2.18. The van der Waals surface area contributed by atoms with Crippen LogP contribution in [-0.2, 0) is 6.54 Å². The van der Waals surface area contributed by atoms with E-state index in [4.69, 9.17) is 15.3 Å². The van der Waals surface area contributed by atoms with Crippen LogP contribution in [0.15, 0.2) is 18.2 Å². The molecule has 0 fully saturated rings. The van der Waals surface area contributed by atoms with Crippen molar-refractivity contribution in [1.82, 2.24) is 4.90 Å². The number of methoxy groups -OCH3 is 1. The van der Waals surface area contributed by atoms with Crippen molar-refractivity contribution < 1.29 is 4.74 Å². The Morgan fingerprint density at radius 3 is 2.67 bits per heavy atom. The molecule has 0 saturated heterocycles. The zero-order valence-electron chi connectivity index (χ0n) is 10.8. The van der Waals surface area contributed by atoms with Crippen LogP contribution in [0.1, 0.15) is 24.5 Å². The topological polar surface area (TPSA) is 60.1 Å². The van der Waals surface area contributed by atoms with E-state index in [0.717, 1.165) is 18.5 Å². The molecule has 94 valence electrons. The van der Waals surface area contributed by atoms with E-state index < -0.39 is 0 Å². The van der Waals surface area contributed by atoms with Crippen molar-refractivity contribution >= 4 is 0 Å². The summed E-state index contributed by atoms with van der Waals surface area (Å²) in [7, 11) is 1.55. The lowest BCUT2D eigenvalue weighted by molar-refractivity contribution is 0.298. The van der Waals surface area contributed by atoms with E-state index in [-0.39, 0.29) is 0 Å². The minimum absolute atomic E-state index is 0.405. The fourth-order valence-corrected chi connectivity index (χ4v) is 1.83. The van der Waals surface area contributed by atoms with Gasteiger partial charge in [-0.05, 0) is 30.7 Å². The summed E-state index contributed by atoms with van der Waals surface area (Å²) in [4.78, 5) is 2.06. The highest BCUT2D eigenvalue weighted by atomic mass is 16.5. The molecular formula is C14H17N3O. The van der Waals surface area contributed by atoms with Gasteiger partial charge in [0, 0.05) is 6.54 Å². The predicted octanol–water partition coefficient (Wildman–Crippen LogP) is 2.30. The van der Waals surface area contributed by atoms with Crippen molar-refractivity contribution in [3.05, 3.63) is 29.3 Å². The Kier molecular flexibility index (Phi) is 5.70. The summed E-state index contributed by atoms with van der Waals surface area (Å²) in [5.74, 6) is 0.587. The van der Waals surface area contributed by atoms with Gasteiger partial charge in [0.25, 0.3) is 0 Å². The zero-order chi connectivity index (χ0) is 13.4. The van der Waals surface area contributed by atoms with Crippen molar-refractivity contribution in [3.63, 3.8) is 0 Å². The smallest absolute Gasteiger partial charge is 0.136 e. The third-order valence-corrected chi connectivity index (χ3v) is 2.62. The molecular weight excluding hydrogens is 226 g/mol. The quantitative estimate of drug-likeness (QED) is 0.719. The van der Waals surface area contributed by atoms with Crippen LogP contribution in [0.3, 0.4) is 0 Å². The minimum Gasteiger partial charge on any atom is -0.495 e. The number of benzene rings is 1. The van der Waals surface area contributed by atoms with E-state index in [1.807, 2.05) is 12.1 Å². The molecule has 0 aliphatic heterocycles. The molecule has 18 heavy (non-hydrogen) atoms. The van der Waals surface area contributed by atoms with Crippen molar-refractivity contribution in [2.75, 3.05) is 20.2 Å². The number of nitrogens with zero attached hydrogens (tertiary/aromatic N) is 3. The van der Waals surface area contributed by atoms with Crippen LogP contribution in [0.25, 0.3) is 0 Å². The van der Waals surface area contributed by atoms with E-state index in [1.54, 1.807) is 13.2 Å². The molecule has 0 bridgehead atoms. The summed E-state index contributed by atoms with van der Waals surface area (Å²) in [6.45, 7) is 4.04. The van der Waals surface area contributed by atoms with Gasteiger partial charge < -0.3 is 4.74 Å². The van der Waals surface area contributed by atoms with Crippen LogP contribution < -0.4 is 4.74 Å². The van der Waals surface area contributed by atoms with Crippen LogP contribution >= 0.6 is 0 Å². The van der Waals surface area contributed by atoms with Gasteiger partial charge >= 0.3 is 0 Å². The number of rotatable bonds is 6. The summed E-state index contributed by atoms with van der Waals surface area (Å²) in [6.07, 6.45) is 1.00. The molecule has 4 heteroatoms. The van der Waals surface area contributed by atoms with Crippen LogP contribution in [-0.4, -0.2) is 25.1 Å². The van der Waals surface area contributed by atoms with Gasteiger partial charge in [-0.3, -0.25) is 4.90 Å². The molecule has 1 aromatic carbocycles. The normalized spacial score (nSPS) is 9.83. The Hall–Kier alpha value is -2.04. The van der Waals surface area contributed by atoms with Gasteiger partial charge in [0.15, 0.2) is 0 Å². The van der Waals surface area contributed by atoms with Crippen LogP contribution in [0.5, 0.6) is 5.75 Å². The largest absolute Gasteiger partial charge is 0.495 e. The van der Waals surface area contributed by atoms with Gasteiger partial charge in [0.1, 0.15) is 11.8 Å². The van der Waals surface area contributed by atoms with Gasteiger partial charge in [-0.15, -0.1) is 0 Å². The Morgan fingerprint density at radius 2 is 2.11 bits per heavy atom. The second-order valence-electron chi connectivity index (χ2n) is 4.02. The molecule has 0 radical (unpaired) electrons. The Morgan fingerprint density at radius 1 is 1.33 bits per heavy atom. The summed E-state index contributed by atoms with van der Waals surface area (Å²) in [6, 6.07) is 9.82. The zero-order valence-corrected chi connectivity index (χ0v) is 10.8. The average Bonchev–Trinajstić information content (AvgIpc) is 2.39.